The Balaban J connectivity index is 1.91. The first-order valence-electron chi connectivity index (χ1n) is 5.74. The smallest absolute Gasteiger partial charge is 0.314 e. The summed E-state index contributed by atoms with van der Waals surface area (Å²) >= 11 is 0. The van der Waals surface area contributed by atoms with Crippen LogP contribution in [-0.2, 0) is 9.57 Å². The first-order valence-corrected chi connectivity index (χ1v) is 5.74. The second-order valence-corrected chi connectivity index (χ2v) is 3.84. The Kier molecular flexibility index (Phi) is 4.14. The Morgan fingerprint density at radius 2 is 1.94 bits per heavy atom. The number of hydrogen-bond acceptors (Lipinski definition) is 4. The van der Waals surface area contributed by atoms with Gasteiger partial charge in [-0.2, -0.15) is 0 Å². The normalized spacial score (nSPS) is 16.4. The van der Waals surface area contributed by atoms with Crippen LogP contribution in [0.5, 0.6) is 0 Å². The lowest BCUT2D eigenvalue weighted by atomic mass is 10.2. The van der Waals surface area contributed by atoms with Gasteiger partial charge in [0, 0.05) is 18.7 Å². The molecule has 2 rings (SSSR count). The zero-order chi connectivity index (χ0) is 12.8. The third kappa shape index (κ3) is 3.21. The molecule has 1 aromatic rings. The number of rotatable bonds is 2. The van der Waals surface area contributed by atoms with Crippen molar-refractivity contribution < 1.29 is 9.57 Å². The Labute approximate surface area is 105 Å². The van der Waals surface area contributed by atoms with Gasteiger partial charge in [-0.05, 0) is 0 Å². The molecule has 1 fully saturated rings. The lowest BCUT2D eigenvalue weighted by Crippen LogP contribution is -2.41. The molecule has 3 N–H and O–H groups in total. The van der Waals surface area contributed by atoms with Gasteiger partial charge in [0.05, 0.1) is 13.2 Å². The number of nitrogens with two attached hydrogens (primary N) is 1. The number of nitrogens with zero attached hydrogens (tertiary/aromatic N) is 2. The van der Waals surface area contributed by atoms with E-state index in [9.17, 15) is 0 Å². The monoisotopic (exact) mass is 248 g/mol. The number of nitrogens with one attached hydrogen (secondary N) is 1. The van der Waals surface area contributed by atoms with Gasteiger partial charge in [-0.1, -0.05) is 35.5 Å². The molecular formula is C12H16N4O2. The average molecular weight is 248 g/mol. The zero-order valence-corrected chi connectivity index (χ0v) is 10.0. The molecule has 1 saturated heterocycles. The van der Waals surface area contributed by atoms with Crippen molar-refractivity contribution in [1.29, 1.82) is 5.41 Å². The maximum absolute atomic E-state index is 7.72. The fourth-order valence-corrected chi connectivity index (χ4v) is 1.58. The molecule has 1 aliphatic rings. The highest BCUT2D eigenvalue weighted by Crippen LogP contribution is 2.01. The van der Waals surface area contributed by atoms with E-state index in [2.05, 4.69) is 5.16 Å². The van der Waals surface area contributed by atoms with Crippen molar-refractivity contribution in [2.24, 2.45) is 10.9 Å². The van der Waals surface area contributed by atoms with Crippen LogP contribution in [0.2, 0.25) is 0 Å². The molecule has 1 aliphatic heterocycles. The third-order valence-corrected chi connectivity index (χ3v) is 2.60. The lowest BCUT2D eigenvalue weighted by Gasteiger charge is -2.26. The quantitative estimate of drug-likeness (QED) is 0.456. The van der Waals surface area contributed by atoms with Crippen molar-refractivity contribution in [1.82, 2.24) is 4.90 Å². The number of oxime groups is 1. The maximum atomic E-state index is 7.72. The second-order valence-electron chi connectivity index (χ2n) is 3.84. The van der Waals surface area contributed by atoms with E-state index in [-0.39, 0.29) is 11.9 Å². The highest BCUT2D eigenvalue weighted by atomic mass is 16.6. The number of benzene rings is 1. The first kappa shape index (κ1) is 12.4. The van der Waals surface area contributed by atoms with Crippen LogP contribution in [0.15, 0.2) is 35.5 Å². The molecule has 0 bridgehead atoms. The first-order chi connectivity index (χ1) is 8.77. The highest BCUT2D eigenvalue weighted by molar-refractivity contribution is 5.97. The largest absolute Gasteiger partial charge is 0.380 e. The van der Waals surface area contributed by atoms with Crippen molar-refractivity contribution in [3.8, 4) is 0 Å². The van der Waals surface area contributed by atoms with Gasteiger partial charge in [0.1, 0.15) is 0 Å². The maximum Gasteiger partial charge on any atom is 0.314 e. The molecule has 0 amide bonds. The molecule has 18 heavy (non-hydrogen) atoms. The van der Waals surface area contributed by atoms with E-state index in [1.807, 2.05) is 30.3 Å². The van der Waals surface area contributed by atoms with Crippen molar-refractivity contribution >= 4 is 11.9 Å². The SMILES string of the molecule is N=C(O/N=C(\N)c1ccccc1)N1CCOCC1. The fourth-order valence-electron chi connectivity index (χ4n) is 1.58. The van der Waals surface area contributed by atoms with E-state index < -0.39 is 0 Å². The summed E-state index contributed by atoms with van der Waals surface area (Å²) in [7, 11) is 0. The standard InChI is InChI=1S/C12H16N4O2/c13-11(10-4-2-1-3-5-10)15-18-12(14)16-6-8-17-9-7-16/h1-5,14H,6-9H2,(H2,13,15). The van der Waals surface area contributed by atoms with E-state index in [4.69, 9.17) is 20.7 Å². The van der Waals surface area contributed by atoms with E-state index in [1.165, 1.54) is 0 Å². The van der Waals surface area contributed by atoms with Crippen molar-refractivity contribution in [2.45, 2.75) is 0 Å². The molecule has 0 radical (unpaired) electrons. The van der Waals surface area contributed by atoms with Crippen LogP contribution in [0.25, 0.3) is 0 Å². The van der Waals surface area contributed by atoms with Crippen molar-refractivity contribution in [3.63, 3.8) is 0 Å². The third-order valence-electron chi connectivity index (χ3n) is 2.60. The van der Waals surface area contributed by atoms with Gasteiger partial charge in [-0.15, -0.1) is 0 Å². The highest BCUT2D eigenvalue weighted by Gasteiger charge is 2.15. The van der Waals surface area contributed by atoms with Crippen LogP contribution in [-0.4, -0.2) is 43.1 Å². The van der Waals surface area contributed by atoms with Gasteiger partial charge in [0.25, 0.3) is 0 Å². The van der Waals surface area contributed by atoms with Crippen molar-refractivity contribution in [2.75, 3.05) is 26.3 Å². The molecule has 0 spiro atoms. The summed E-state index contributed by atoms with van der Waals surface area (Å²) in [6.07, 6.45) is 0. The van der Waals surface area contributed by atoms with Gasteiger partial charge >= 0.3 is 6.02 Å². The number of morpholine rings is 1. The summed E-state index contributed by atoms with van der Waals surface area (Å²) in [5.74, 6) is 0.258. The molecule has 0 saturated carbocycles. The summed E-state index contributed by atoms with van der Waals surface area (Å²) in [6.45, 7) is 2.48. The predicted octanol–water partition coefficient (Wildman–Crippen LogP) is 0.590. The molecule has 6 nitrogen and oxygen atoms in total. The van der Waals surface area contributed by atoms with Crippen LogP contribution in [0.1, 0.15) is 5.56 Å². The Hall–Kier alpha value is -2.08. The minimum Gasteiger partial charge on any atom is -0.380 e. The fraction of sp³-hybridized carbons (Fsp3) is 0.333. The Morgan fingerprint density at radius 1 is 1.28 bits per heavy atom. The summed E-state index contributed by atoms with van der Waals surface area (Å²) < 4.78 is 5.19. The molecule has 0 atom stereocenters. The molecule has 0 unspecified atom stereocenters. The molecule has 0 aromatic heterocycles. The van der Waals surface area contributed by atoms with Crippen LogP contribution in [0, 0.1) is 5.41 Å². The lowest BCUT2D eigenvalue weighted by molar-refractivity contribution is 0.0547. The number of hydrogen-bond donors (Lipinski definition) is 2. The Bertz CT molecular complexity index is 427. The average Bonchev–Trinajstić information content (AvgIpc) is 2.46. The summed E-state index contributed by atoms with van der Waals surface area (Å²) in [5, 5.41) is 11.5. The van der Waals surface area contributed by atoms with E-state index in [0.717, 1.165) is 5.56 Å². The van der Waals surface area contributed by atoms with Crippen LogP contribution in [0.3, 0.4) is 0 Å². The zero-order valence-electron chi connectivity index (χ0n) is 10.0. The van der Waals surface area contributed by atoms with E-state index in [0.29, 0.717) is 26.3 Å². The van der Waals surface area contributed by atoms with Gasteiger partial charge in [0.15, 0.2) is 5.84 Å². The number of ether oxygens (including phenoxy) is 1. The van der Waals surface area contributed by atoms with Crippen LogP contribution in [0.4, 0.5) is 0 Å². The van der Waals surface area contributed by atoms with Crippen LogP contribution < -0.4 is 5.73 Å². The van der Waals surface area contributed by atoms with Crippen molar-refractivity contribution in [3.05, 3.63) is 35.9 Å². The number of amidine groups is 2. The minimum absolute atomic E-state index is 0.00261. The summed E-state index contributed by atoms with van der Waals surface area (Å²) in [5.41, 5.74) is 6.53. The Morgan fingerprint density at radius 3 is 2.61 bits per heavy atom. The predicted molar refractivity (Wildman–Crippen MR) is 68.4 cm³/mol. The van der Waals surface area contributed by atoms with Gasteiger partial charge in [0.2, 0.25) is 0 Å². The molecule has 6 heteroatoms. The second kappa shape index (κ2) is 6.02. The molecular weight excluding hydrogens is 232 g/mol. The van der Waals surface area contributed by atoms with Gasteiger partial charge in [-0.3, -0.25) is 0 Å². The van der Waals surface area contributed by atoms with Gasteiger partial charge in [-0.25, -0.2) is 5.41 Å². The van der Waals surface area contributed by atoms with E-state index >= 15 is 0 Å². The summed E-state index contributed by atoms with van der Waals surface area (Å²) in [6, 6.07) is 9.29. The topological polar surface area (TPSA) is 83.9 Å². The minimum atomic E-state index is -0.00261. The van der Waals surface area contributed by atoms with Gasteiger partial charge < -0.3 is 20.2 Å². The van der Waals surface area contributed by atoms with Crippen LogP contribution >= 0.6 is 0 Å². The molecule has 0 aliphatic carbocycles. The molecule has 1 aromatic carbocycles. The molecule has 96 valence electrons. The van der Waals surface area contributed by atoms with E-state index in [1.54, 1.807) is 4.90 Å². The molecule has 1 heterocycles. The summed E-state index contributed by atoms with van der Waals surface area (Å²) in [4.78, 5) is 6.77.